The van der Waals surface area contributed by atoms with Crippen LogP contribution in [0, 0.1) is 0 Å². The molecule has 0 unspecified atom stereocenters. The Morgan fingerprint density at radius 1 is 0.562 bits per heavy atom. The van der Waals surface area contributed by atoms with Crippen LogP contribution in [0.15, 0.2) is 97.1 Å². The fourth-order valence-electron chi connectivity index (χ4n) is 3.61. The zero-order valence-corrected chi connectivity index (χ0v) is 18.0. The SMILES string of the molecule is C[C@H](OC(=O)c1cc2ccccc2cc1C(=O)O[C@@H](C)c1ccccc1)c1ccccc1. The predicted molar refractivity (Wildman–Crippen MR) is 124 cm³/mol. The topological polar surface area (TPSA) is 52.6 Å². The number of fused-ring (bicyclic) bond motifs is 1. The number of hydrogen-bond donors (Lipinski definition) is 0. The zero-order valence-electron chi connectivity index (χ0n) is 18.0. The Bertz CT molecular complexity index is 1130. The summed E-state index contributed by atoms with van der Waals surface area (Å²) in [6, 6.07) is 29.9. The van der Waals surface area contributed by atoms with Crippen LogP contribution in [0.2, 0.25) is 0 Å². The number of carbonyl (C=O) groups is 2. The first-order valence-electron chi connectivity index (χ1n) is 10.6. The minimum absolute atomic E-state index is 0.191. The van der Waals surface area contributed by atoms with Crippen LogP contribution in [0.5, 0.6) is 0 Å². The van der Waals surface area contributed by atoms with E-state index in [-0.39, 0.29) is 11.1 Å². The van der Waals surface area contributed by atoms with Crippen molar-refractivity contribution in [3.63, 3.8) is 0 Å². The van der Waals surface area contributed by atoms with Gasteiger partial charge in [0, 0.05) is 0 Å². The van der Waals surface area contributed by atoms with Crippen LogP contribution in [-0.2, 0) is 9.47 Å². The molecule has 0 aliphatic heterocycles. The maximum Gasteiger partial charge on any atom is 0.339 e. The van der Waals surface area contributed by atoms with Gasteiger partial charge in [-0.1, -0.05) is 84.9 Å². The second-order valence-electron chi connectivity index (χ2n) is 7.66. The number of ether oxygens (including phenoxy) is 2. The average molecular weight is 424 g/mol. The van der Waals surface area contributed by atoms with E-state index in [0.29, 0.717) is 0 Å². The van der Waals surface area contributed by atoms with E-state index >= 15 is 0 Å². The minimum atomic E-state index is -0.563. The summed E-state index contributed by atoms with van der Waals surface area (Å²) in [6.45, 7) is 3.62. The van der Waals surface area contributed by atoms with Crippen molar-refractivity contribution < 1.29 is 19.1 Å². The molecule has 4 nitrogen and oxygen atoms in total. The number of rotatable bonds is 6. The summed E-state index contributed by atoms with van der Waals surface area (Å²) in [6.07, 6.45) is -0.912. The van der Waals surface area contributed by atoms with Gasteiger partial charge in [-0.2, -0.15) is 0 Å². The highest BCUT2D eigenvalue weighted by atomic mass is 16.5. The van der Waals surface area contributed by atoms with Crippen LogP contribution in [0.3, 0.4) is 0 Å². The molecule has 0 radical (unpaired) electrons. The van der Waals surface area contributed by atoms with Crippen molar-refractivity contribution in [2.75, 3.05) is 0 Å². The van der Waals surface area contributed by atoms with Gasteiger partial charge in [-0.15, -0.1) is 0 Å². The van der Waals surface area contributed by atoms with Crippen LogP contribution in [0.25, 0.3) is 10.8 Å². The largest absolute Gasteiger partial charge is 0.454 e. The summed E-state index contributed by atoms with van der Waals surface area (Å²) in [7, 11) is 0. The van der Waals surface area contributed by atoms with Gasteiger partial charge >= 0.3 is 11.9 Å². The van der Waals surface area contributed by atoms with Crippen molar-refractivity contribution >= 4 is 22.7 Å². The van der Waals surface area contributed by atoms with Gasteiger partial charge in [-0.05, 0) is 47.9 Å². The third kappa shape index (κ3) is 4.70. The Morgan fingerprint density at radius 3 is 1.28 bits per heavy atom. The number of benzene rings is 4. The normalized spacial score (nSPS) is 12.7. The molecule has 0 heterocycles. The van der Waals surface area contributed by atoms with E-state index in [9.17, 15) is 9.59 Å². The van der Waals surface area contributed by atoms with Crippen LogP contribution < -0.4 is 0 Å². The van der Waals surface area contributed by atoms with E-state index in [0.717, 1.165) is 21.9 Å². The Labute approximate surface area is 187 Å². The molecule has 0 fully saturated rings. The molecule has 0 amide bonds. The van der Waals surface area contributed by atoms with E-state index in [4.69, 9.17) is 9.47 Å². The molecule has 160 valence electrons. The molecular weight excluding hydrogens is 400 g/mol. The third-order valence-corrected chi connectivity index (χ3v) is 5.43. The molecule has 0 aromatic heterocycles. The first-order valence-corrected chi connectivity index (χ1v) is 10.6. The molecule has 4 aromatic rings. The summed E-state index contributed by atoms with van der Waals surface area (Å²) in [4.78, 5) is 26.2. The summed E-state index contributed by atoms with van der Waals surface area (Å²) < 4.78 is 11.4. The Hall–Kier alpha value is -3.92. The second-order valence-corrected chi connectivity index (χ2v) is 7.66. The monoisotopic (exact) mass is 424 g/mol. The lowest BCUT2D eigenvalue weighted by Gasteiger charge is -2.18. The molecule has 4 aromatic carbocycles. The van der Waals surface area contributed by atoms with Gasteiger partial charge in [-0.25, -0.2) is 9.59 Å². The first-order chi connectivity index (χ1) is 15.5. The maximum absolute atomic E-state index is 13.1. The van der Waals surface area contributed by atoms with Crippen molar-refractivity contribution in [3.05, 3.63) is 119 Å². The summed E-state index contributed by atoms with van der Waals surface area (Å²) in [5.41, 5.74) is 2.14. The highest BCUT2D eigenvalue weighted by molar-refractivity contribution is 6.07. The average Bonchev–Trinajstić information content (AvgIpc) is 2.84. The number of carbonyl (C=O) groups excluding carboxylic acids is 2. The Morgan fingerprint density at radius 2 is 0.906 bits per heavy atom. The van der Waals surface area contributed by atoms with E-state index in [1.807, 2.05) is 98.8 Å². The number of hydrogen-bond acceptors (Lipinski definition) is 4. The number of esters is 2. The lowest BCUT2D eigenvalue weighted by Crippen LogP contribution is -2.17. The molecule has 0 saturated heterocycles. The molecule has 0 N–H and O–H groups in total. The lowest BCUT2D eigenvalue weighted by molar-refractivity contribution is 0.0289. The van der Waals surface area contributed by atoms with Crippen LogP contribution in [0.1, 0.15) is 57.9 Å². The predicted octanol–water partition coefficient (Wildman–Crippen LogP) is 6.68. The van der Waals surface area contributed by atoms with E-state index in [1.54, 1.807) is 12.1 Å². The van der Waals surface area contributed by atoms with Crippen molar-refractivity contribution in [3.8, 4) is 0 Å². The molecule has 0 saturated carbocycles. The maximum atomic E-state index is 13.1. The lowest BCUT2D eigenvalue weighted by atomic mass is 10.0. The van der Waals surface area contributed by atoms with Crippen molar-refractivity contribution in [1.82, 2.24) is 0 Å². The Balaban J connectivity index is 1.65. The summed E-state index contributed by atoms with van der Waals surface area (Å²) in [5.74, 6) is -1.13. The highest BCUT2D eigenvalue weighted by Crippen LogP contribution is 2.26. The second kappa shape index (κ2) is 9.48. The molecule has 0 aliphatic rings. The molecule has 4 heteroatoms. The highest BCUT2D eigenvalue weighted by Gasteiger charge is 2.24. The van der Waals surface area contributed by atoms with Crippen molar-refractivity contribution in [2.45, 2.75) is 26.1 Å². The molecule has 0 bridgehead atoms. The fraction of sp³-hybridized carbons (Fsp3) is 0.143. The Kier molecular flexibility index (Phi) is 6.31. The van der Waals surface area contributed by atoms with Gasteiger partial charge in [0.05, 0.1) is 11.1 Å². The fourth-order valence-corrected chi connectivity index (χ4v) is 3.61. The molecule has 0 aliphatic carbocycles. The minimum Gasteiger partial charge on any atom is -0.454 e. The van der Waals surface area contributed by atoms with Crippen LogP contribution in [-0.4, -0.2) is 11.9 Å². The summed E-state index contributed by atoms with van der Waals surface area (Å²) >= 11 is 0. The van der Waals surface area contributed by atoms with Gasteiger partial charge in [0.2, 0.25) is 0 Å². The van der Waals surface area contributed by atoms with Crippen LogP contribution >= 0.6 is 0 Å². The summed E-state index contributed by atoms with van der Waals surface area (Å²) in [5, 5.41) is 1.69. The van der Waals surface area contributed by atoms with E-state index in [1.165, 1.54) is 0 Å². The van der Waals surface area contributed by atoms with Crippen molar-refractivity contribution in [1.29, 1.82) is 0 Å². The van der Waals surface area contributed by atoms with E-state index in [2.05, 4.69) is 0 Å². The van der Waals surface area contributed by atoms with E-state index < -0.39 is 24.1 Å². The molecule has 4 rings (SSSR count). The standard InChI is InChI=1S/C28H24O4/c1-19(21-11-5-3-6-12-21)31-27(29)25-17-23-15-9-10-16-24(23)18-26(25)28(30)32-20(2)22-13-7-4-8-14-22/h3-20H,1-2H3/t19-,20-/m0/s1. The third-order valence-electron chi connectivity index (χ3n) is 5.43. The van der Waals surface area contributed by atoms with Crippen LogP contribution in [0.4, 0.5) is 0 Å². The smallest absolute Gasteiger partial charge is 0.339 e. The molecule has 0 spiro atoms. The van der Waals surface area contributed by atoms with Gasteiger partial charge in [0.15, 0.2) is 0 Å². The first kappa shape index (κ1) is 21.3. The molecule has 32 heavy (non-hydrogen) atoms. The van der Waals surface area contributed by atoms with Gasteiger partial charge in [0.1, 0.15) is 12.2 Å². The van der Waals surface area contributed by atoms with Crippen molar-refractivity contribution in [2.24, 2.45) is 0 Å². The van der Waals surface area contributed by atoms with Gasteiger partial charge < -0.3 is 9.47 Å². The quantitative estimate of drug-likeness (QED) is 0.324. The molecular formula is C28H24O4. The van der Waals surface area contributed by atoms with Gasteiger partial charge in [0.25, 0.3) is 0 Å². The van der Waals surface area contributed by atoms with Gasteiger partial charge in [-0.3, -0.25) is 0 Å². The molecule has 2 atom stereocenters. The zero-order chi connectivity index (χ0) is 22.5.